The van der Waals surface area contributed by atoms with Crippen LogP contribution in [0, 0.1) is 0 Å². The molecule has 0 saturated heterocycles. The lowest BCUT2D eigenvalue weighted by Crippen LogP contribution is -2.30. The van der Waals surface area contributed by atoms with Crippen molar-refractivity contribution in [2.75, 3.05) is 16.8 Å². The Hall–Kier alpha value is -3.41. The zero-order chi connectivity index (χ0) is 20.1. The first-order valence-electron chi connectivity index (χ1n) is 9.33. The molecule has 3 aromatic rings. The van der Waals surface area contributed by atoms with Crippen LogP contribution in [0.3, 0.4) is 0 Å². The van der Waals surface area contributed by atoms with E-state index in [2.05, 4.69) is 36.1 Å². The van der Waals surface area contributed by atoms with Crippen LogP contribution in [0.1, 0.15) is 31.3 Å². The number of hydrogen-bond donors (Lipinski definition) is 1. The molecule has 0 unspecified atom stereocenters. The number of nitrogens with zero attached hydrogens (tertiary/aromatic N) is 3. The molecule has 0 aliphatic heterocycles. The molecule has 3 rings (SSSR count). The van der Waals surface area contributed by atoms with Crippen LogP contribution >= 0.6 is 0 Å². The van der Waals surface area contributed by atoms with Crippen LogP contribution in [0.15, 0.2) is 71.5 Å². The number of hydrogen-bond acceptors (Lipinski definition) is 4. The van der Waals surface area contributed by atoms with Gasteiger partial charge in [0.05, 0.1) is 5.69 Å². The monoisotopic (exact) mass is 376 g/mol. The average molecular weight is 376 g/mol. The third-order valence-corrected chi connectivity index (χ3v) is 4.45. The zero-order valence-electron chi connectivity index (χ0n) is 16.3. The van der Waals surface area contributed by atoms with Gasteiger partial charge in [-0.05, 0) is 63.2 Å². The summed E-state index contributed by atoms with van der Waals surface area (Å²) in [6, 6.07) is 19.9. The maximum atomic E-state index is 12.6. The number of aromatic nitrogens is 2. The molecular formula is C22H24N4O2. The molecule has 144 valence electrons. The molecule has 1 amide bonds. The zero-order valence-corrected chi connectivity index (χ0v) is 16.3. The van der Waals surface area contributed by atoms with E-state index in [4.69, 9.17) is 0 Å². The second-order valence-corrected chi connectivity index (χ2v) is 6.68. The lowest BCUT2D eigenvalue weighted by molar-refractivity contribution is 0.102. The average Bonchev–Trinajstić information content (AvgIpc) is 2.70. The number of carbonyl (C=O) groups excluding carboxylic acids is 1. The first-order chi connectivity index (χ1) is 13.5. The second kappa shape index (κ2) is 8.52. The van der Waals surface area contributed by atoms with E-state index >= 15 is 0 Å². The number of rotatable bonds is 6. The molecule has 2 aromatic carbocycles. The van der Waals surface area contributed by atoms with Crippen LogP contribution in [0.5, 0.6) is 0 Å². The van der Waals surface area contributed by atoms with E-state index in [1.54, 1.807) is 12.1 Å². The summed E-state index contributed by atoms with van der Waals surface area (Å²) in [5.41, 5.74) is 2.27. The minimum atomic E-state index is -0.367. The molecule has 0 spiro atoms. The van der Waals surface area contributed by atoms with Crippen molar-refractivity contribution < 1.29 is 4.79 Å². The number of carbonyl (C=O) groups is 1. The van der Waals surface area contributed by atoms with Crippen molar-refractivity contribution in [2.24, 2.45) is 0 Å². The normalized spacial score (nSPS) is 10.7. The van der Waals surface area contributed by atoms with Gasteiger partial charge in [-0.2, -0.15) is 9.78 Å². The fourth-order valence-electron chi connectivity index (χ4n) is 3.06. The standard InChI is InChI=1S/C22H24N4O2/c1-4-25(16(2)3)18-12-10-17(11-13-18)23-22(28)20-14-15-21(27)26(24-20)19-8-6-5-7-9-19/h5-16H,4H2,1-3H3,(H,23,28). The van der Waals surface area contributed by atoms with E-state index in [9.17, 15) is 9.59 Å². The van der Waals surface area contributed by atoms with Crippen molar-refractivity contribution in [2.45, 2.75) is 26.8 Å². The highest BCUT2D eigenvalue weighted by atomic mass is 16.2. The summed E-state index contributed by atoms with van der Waals surface area (Å²) >= 11 is 0. The van der Waals surface area contributed by atoms with Crippen molar-refractivity contribution in [3.8, 4) is 5.69 Å². The van der Waals surface area contributed by atoms with Gasteiger partial charge >= 0.3 is 0 Å². The van der Waals surface area contributed by atoms with Crippen LogP contribution in [-0.2, 0) is 0 Å². The summed E-state index contributed by atoms with van der Waals surface area (Å²) in [5.74, 6) is -0.367. The SMILES string of the molecule is CCN(c1ccc(NC(=O)c2ccc(=O)n(-c3ccccc3)n2)cc1)C(C)C. The Bertz CT molecular complexity index is 995. The van der Waals surface area contributed by atoms with Gasteiger partial charge < -0.3 is 10.2 Å². The number of para-hydroxylation sites is 1. The first-order valence-corrected chi connectivity index (χ1v) is 9.33. The van der Waals surface area contributed by atoms with Crippen LogP contribution in [0.2, 0.25) is 0 Å². The molecule has 0 aliphatic carbocycles. The van der Waals surface area contributed by atoms with Gasteiger partial charge in [-0.15, -0.1) is 0 Å². The molecule has 0 saturated carbocycles. The molecule has 0 aliphatic rings. The van der Waals surface area contributed by atoms with Gasteiger partial charge in [0.1, 0.15) is 5.69 Å². The Labute approximate surface area is 164 Å². The molecule has 28 heavy (non-hydrogen) atoms. The largest absolute Gasteiger partial charge is 0.369 e. The Morgan fingerprint density at radius 3 is 2.32 bits per heavy atom. The molecule has 1 heterocycles. The highest BCUT2D eigenvalue weighted by Crippen LogP contribution is 2.20. The van der Waals surface area contributed by atoms with Crippen molar-refractivity contribution in [3.63, 3.8) is 0 Å². The second-order valence-electron chi connectivity index (χ2n) is 6.68. The molecular weight excluding hydrogens is 352 g/mol. The summed E-state index contributed by atoms with van der Waals surface area (Å²) < 4.78 is 1.22. The smallest absolute Gasteiger partial charge is 0.276 e. The van der Waals surface area contributed by atoms with Crippen molar-refractivity contribution in [1.29, 1.82) is 0 Å². The summed E-state index contributed by atoms with van der Waals surface area (Å²) in [4.78, 5) is 27.0. The van der Waals surface area contributed by atoms with Gasteiger partial charge in [0, 0.05) is 30.0 Å². The van der Waals surface area contributed by atoms with Crippen LogP contribution in [0.4, 0.5) is 11.4 Å². The maximum absolute atomic E-state index is 12.6. The molecule has 0 fully saturated rings. The van der Waals surface area contributed by atoms with Gasteiger partial charge in [-0.1, -0.05) is 18.2 Å². The lowest BCUT2D eigenvalue weighted by Gasteiger charge is -2.27. The summed E-state index contributed by atoms with van der Waals surface area (Å²) in [7, 11) is 0. The lowest BCUT2D eigenvalue weighted by atomic mass is 10.2. The molecule has 0 atom stereocenters. The fraction of sp³-hybridized carbons (Fsp3) is 0.227. The third kappa shape index (κ3) is 4.28. The summed E-state index contributed by atoms with van der Waals surface area (Å²) in [6.07, 6.45) is 0. The van der Waals surface area contributed by atoms with E-state index in [1.165, 1.54) is 16.8 Å². The first kappa shape index (κ1) is 19.4. The third-order valence-electron chi connectivity index (χ3n) is 4.45. The highest BCUT2D eigenvalue weighted by Gasteiger charge is 2.12. The van der Waals surface area contributed by atoms with Crippen LogP contribution < -0.4 is 15.8 Å². The van der Waals surface area contributed by atoms with Gasteiger partial charge in [0.25, 0.3) is 11.5 Å². The van der Waals surface area contributed by atoms with E-state index < -0.39 is 0 Å². The molecule has 6 heteroatoms. The van der Waals surface area contributed by atoms with Crippen molar-refractivity contribution >= 4 is 17.3 Å². The quantitative estimate of drug-likeness (QED) is 0.712. The molecule has 0 bridgehead atoms. The predicted molar refractivity (Wildman–Crippen MR) is 112 cm³/mol. The number of anilines is 2. The number of benzene rings is 2. The van der Waals surface area contributed by atoms with Crippen LogP contribution in [-0.4, -0.2) is 28.3 Å². The molecule has 1 N–H and O–H groups in total. The Morgan fingerprint density at radius 1 is 1.04 bits per heavy atom. The minimum absolute atomic E-state index is 0.171. The van der Waals surface area contributed by atoms with E-state index in [0.29, 0.717) is 17.4 Å². The topological polar surface area (TPSA) is 67.2 Å². The Morgan fingerprint density at radius 2 is 1.71 bits per heavy atom. The van der Waals surface area contributed by atoms with E-state index in [-0.39, 0.29) is 17.2 Å². The summed E-state index contributed by atoms with van der Waals surface area (Å²) in [6.45, 7) is 7.32. The van der Waals surface area contributed by atoms with Crippen molar-refractivity contribution in [1.82, 2.24) is 9.78 Å². The highest BCUT2D eigenvalue weighted by molar-refractivity contribution is 6.02. The minimum Gasteiger partial charge on any atom is -0.369 e. The Kier molecular flexibility index (Phi) is 5.89. The molecule has 0 radical (unpaired) electrons. The van der Waals surface area contributed by atoms with E-state index in [0.717, 1.165) is 12.2 Å². The maximum Gasteiger partial charge on any atom is 0.276 e. The van der Waals surface area contributed by atoms with Gasteiger partial charge in [-0.3, -0.25) is 9.59 Å². The van der Waals surface area contributed by atoms with E-state index in [1.807, 2.05) is 42.5 Å². The van der Waals surface area contributed by atoms with Crippen molar-refractivity contribution in [3.05, 3.63) is 82.8 Å². The fourth-order valence-corrected chi connectivity index (χ4v) is 3.06. The molecule has 6 nitrogen and oxygen atoms in total. The van der Waals surface area contributed by atoms with Gasteiger partial charge in [0.15, 0.2) is 0 Å². The van der Waals surface area contributed by atoms with Gasteiger partial charge in [-0.25, -0.2) is 0 Å². The van der Waals surface area contributed by atoms with Crippen LogP contribution in [0.25, 0.3) is 5.69 Å². The Balaban J connectivity index is 1.79. The summed E-state index contributed by atoms with van der Waals surface area (Å²) in [5, 5.41) is 7.04. The number of nitrogens with one attached hydrogen (secondary N) is 1. The van der Waals surface area contributed by atoms with Gasteiger partial charge in [0.2, 0.25) is 0 Å². The molecule has 1 aromatic heterocycles. The predicted octanol–water partition coefficient (Wildman–Crippen LogP) is 3.72. The number of amides is 1.